The first kappa shape index (κ1) is 21.8. The van der Waals surface area contributed by atoms with Crippen molar-refractivity contribution in [3.05, 3.63) is 58.1 Å². The monoisotopic (exact) mass is 452 g/mol. The van der Waals surface area contributed by atoms with Gasteiger partial charge in [0.15, 0.2) is 11.5 Å². The lowest BCUT2D eigenvalue weighted by molar-refractivity contribution is -0.117. The van der Waals surface area contributed by atoms with Crippen LogP contribution in [0, 0.1) is 13.8 Å². The van der Waals surface area contributed by atoms with Crippen LogP contribution < -0.4 is 19.7 Å². The summed E-state index contributed by atoms with van der Waals surface area (Å²) in [5.41, 5.74) is 3.65. The first-order chi connectivity index (χ1) is 15.4. The summed E-state index contributed by atoms with van der Waals surface area (Å²) in [6.07, 6.45) is 0.366. The van der Waals surface area contributed by atoms with E-state index in [1.54, 1.807) is 23.1 Å². The highest BCUT2D eigenvalue weighted by Crippen LogP contribution is 2.35. The van der Waals surface area contributed by atoms with Crippen LogP contribution in [0.25, 0.3) is 0 Å². The van der Waals surface area contributed by atoms with Gasteiger partial charge in [-0.15, -0.1) is 10.2 Å². The van der Waals surface area contributed by atoms with Crippen LogP contribution in [0.15, 0.2) is 36.4 Å². The predicted molar refractivity (Wildman–Crippen MR) is 123 cm³/mol. The summed E-state index contributed by atoms with van der Waals surface area (Å²) >= 11 is 1.29. The number of benzene rings is 2. The van der Waals surface area contributed by atoms with Gasteiger partial charge in [0.2, 0.25) is 11.0 Å². The summed E-state index contributed by atoms with van der Waals surface area (Å²) in [7, 11) is 3.05. The van der Waals surface area contributed by atoms with Crippen molar-refractivity contribution in [1.82, 2.24) is 10.2 Å². The van der Waals surface area contributed by atoms with E-state index in [-0.39, 0.29) is 17.7 Å². The fraction of sp³-hybridized carbons (Fsp3) is 0.304. The lowest BCUT2D eigenvalue weighted by Crippen LogP contribution is -2.24. The highest BCUT2D eigenvalue weighted by Gasteiger charge is 2.34. The van der Waals surface area contributed by atoms with Crippen LogP contribution in [0.5, 0.6) is 11.5 Å². The smallest absolute Gasteiger partial charge is 0.257 e. The lowest BCUT2D eigenvalue weighted by Gasteiger charge is -2.17. The van der Waals surface area contributed by atoms with Gasteiger partial charge in [0.05, 0.1) is 14.2 Å². The minimum Gasteiger partial charge on any atom is -0.493 e. The summed E-state index contributed by atoms with van der Waals surface area (Å²) < 4.78 is 10.5. The van der Waals surface area contributed by atoms with Crippen LogP contribution in [0.3, 0.4) is 0 Å². The molecular formula is C23H24N4O4S. The molecule has 1 fully saturated rings. The molecule has 0 bridgehead atoms. The second kappa shape index (κ2) is 8.96. The van der Waals surface area contributed by atoms with E-state index in [1.807, 2.05) is 32.0 Å². The number of hydrogen-bond donors (Lipinski definition) is 1. The van der Waals surface area contributed by atoms with Gasteiger partial charge in [0, 0.05) is 30.1 Å². The van der Waals surface area contributed by atoms with Crippen molar-refractivity contribution in [3.8, 4) is 11.5 Å². The van der Waals surface area contributed by atoms with E-state index in [1.165, 1.54) is 31.1 Å². The van der Waals surface area contributed by atoms with Crippen molar-refractivity contribution in [2.75, 3.05) is 31.0 Å². The molecule has 1 aromatic heterocycles. The first-order valence-corrected chi connectivity index (χ1v) is 11.0. The number of amides is 2. The fourth-order valence-electron chi connectivity index (χ4n) is 3.61. The molecule has 0 radical (unpaired) electrons. The van der Waals surface area contributed by atoms with Crippen molar-refractivity contribution in [3.63, 3.8) is 0 Å². The normalized spacial score (nSPS) is 15.7. The number of aromatic nitrogens is 2. The van der Waals surface area contributed by atoms with Gasteiger partial charge in [0.1, 0.15) is 5.01 Å². The van der Waals surface area contributed by atoms with E-state index in [9.17, 15) is 9.59 Å². The second-order valence-corrected chi connectivity index (χ2v) is 8.65. The lowest BCUT2D eigenvalue weighted by atomic mass is 10.1. The maximum Gasteiger partial charge on any atom is 0.257 e. The summed E-state index contributed by atoms with van der Waals surface area (Å²) in [6.45, 7) is 4.63. The fourth-order valence-corrected chi connectivity index (χ4v) is 4.44. The number of anilines is 2. The summed E-state index contributed by atoms with van der Waals surface area (Å²) in [5, 5.41) is 12.2. The molecule has 2 heterocycles. The molecule has 1 aliphatic heterocycles. The molecular weight excluding hydrogens is 428 g/mol. The molecule has 3 aromatic rings. The van der Waals surface area contributed by atoms with E-state index < -0.39 is 0 Å². The zero-order chi connectivity index (χ0) is 22.8. The molecule has 2 aromatic carbocycles. The Kier molecular flexibility index (Phi) is 6.09. The number of hydrogen-bond acceptors (Lipinski definition) is 7. The topological polar surface area (TPSA) is 93.7 Å². The van der Waals surface area contributed by atoms with E-state index in [0.717, 1.165) is 16.3 Å². The Morgan fingerprint density at radius 1 is 1.06 bits per heavy atom. The third-order valence-electron chi connectivity index (χ3n) is 5.58. The van der Waals surface area contributed by atoms with Crippen molar-refractivity contribution >= 4 is 34.0 Å². The summed E-state index contributed by atoms with van der Waals surface area (Å²) in [6, 6.07) is 11.0. The zero-order valence-electron chi connectivity index (χ0n) is 18.3. The number of aryl methyl sites for hydroxylation is 2. The van der Waals surface area contributed by atoms with Crippen LogP contribution in [0.4, 0.5) is 10.8 Å². The maximum atomic E-state index is 12.6. The number of ether oxygens (including phenoxy) is 2. The Hall–Kier alpha value is -3.46. The van der Waals surface area contributed by atoms with Gasteiger partial charge < -0.3 is 14.4 Å². The van der Waals surface area contributed by atoms with Crippen molar-refractivity contribution in [2.24, 2.45) is 0 Å². The number of nitrogens with zero attached hydrogens (tertiary/aromatic N) is 3. The van der Waals surface area contributed by atoms with Crippen LogP contribution in [0.2, 0.25) is 0 Å². The molecule has 166 valence electrons. The average molecular weight is 453 g/mol. The largest absolute Gasteiger partial charge is 0.493 e. The number of methoxy groups -OCH3 is 2. The molecule has 4 rings (SSSR count). The molecule has 1 atom stereocenters. The number of carbonyl (C=O) groups is 2. The Morgan fingerprint density at radius 3 is 2.56 bits per heavy atom. The van der Waals surface area contributed by atoms with Crippen molar-refractivity contribution in [2.45, 2.75) is 26.2 Å². The Labute approximate surface area is 190 Å². The molecule has 32 heavy (non-hydrogen) atoms. The Bertz CT molecular complexity index is 1180. The molecule has 8 nitrogen and oxygen atoms in total. The Morgan fingerprint density at radius 2 is 1.84 bits per heavy atom. The van der Waals surface area contributed by atoms with Gasteiger partial charge in [-0.25, -0.2) is 0 Å². The zero-order valence-corrected chi connectivity index (χ0v) is 19.2. The van der Waals surface area contributed by atoms with Gasteiger partial charge in [-0.1, -0.05) is 17.4 Å². The Balaban J connectivity index is 1.45. The molecule has 1 aliphatic rings. The SMILES string of the molecule is COc1ccc(C(=O)Nc2nnc(C3CC(=O)N(c4ccc(C)c(C)c4)C3)s2)cc1OC. The average Bonchev–Trinajstić information content (AvgIpc) is 3.41. The third-order valence-corrected chi connectivity index (χ3v) is 6.58. The quantitative estimate of drug-likeness (QED) is 0.609. The summed E-state index contributed by atoms with van der Waals surface area (Å²) in [5.74, 6) is 0.682. The molecule has 9 heteroatoms. The first-order valence-electron chi connectivity index (χ1n) is 10.1. The highest BCUT2D eigenvalue weighted by atomic mass is 32.1. The van der Waals surface area contributed by atoms with Crippen molar-refractivity contribution in [1.29, 1.82) is 0 Å². The van der Waals surface area contributed by atoms with Crippen LogP contribution >= 0.6 is 11.3 Å². The predicted octanol–water partition coefficient (Wildman–Crippen LogP) is 3.94. The molecule has 1 N–H and O–H groups in total. The molecule has 0 saturated carbocycles. The maximum absolute atomic E-state index is 12.6. The molecule has 0 spiro atoms. The van der Waals surface area contributed by atoms with Gasteiger partial charge in [-0.2, -0.15) is 0 Å². The molecule has 1 saturated heterocycles. The minimum absolute atomic E-state index is 0.0596. The van der Waals surface area contributed by atoms with Crippen LogP contribution in [-0.2, 0) is 4.79 Å². The van der Waals surface area contributed by atoms with E-state index in [2.05, 4.69) is 15.5 Å². The molecule has 0 aliphatic carbocycles. The van der Waals surface area contributed by atoms with Gasteiger partial charge >= 0.3 is 0 Å². The van der Waals surface area contributed by atoms with Gasteiger partial charge in [0.25, 0.3) is 5.91 Å². The second-order valence-electron chi connectivity index (χ2n) is 7.64. The number of carbonyl (C=O) groups excluding carboxylic acids is 2. The van der Waals surface area contributed by atoms with E-state index in [4.69, 9.17) is 9.47 Å². The van der Waals surface area contributed by atoms with Crippen molar-refractivity contribution < 1.29 is 19.1 Å². The van der Waals surface area contributed by atoms with Gasteiger partial charge in [-0.3, -0.25) is 14.9 Å². The standard InChI is InChI=1S/C23H24N4O4S/c1-13-5-7-17(9-14(13)2)27-12-16(11-20(27)28)22-25-26-23(32-22)24-21(29)15-6-8-18(30-3)19(10-15)31-4/h5-10,16H,11-12H2,1-4H3,(H,24,26,29). The third kappa shape index (κ3) is 4.29. The molecule has 1 unspecified atom stereocenters. The van der Waals surface area contributed by atoms with Crippen LogP contribution in [-0.4, -0.2) is 42.8 Å². The molecule has 2 amide bonds. The van der Waals surface area contributed by atoms with Crippen LogP contribution in [0.1, 0.15) is 38.8 Å². The summed E-state index contributed by atoms with van der Waals surface area (Å²) in [4.78, 5) is 27.0. The highest BCUT2D eigenvalue weighted by molar-refractivity contribution is 7.15. The van der Waals surface area contributed by atoms with Gasteiger partial charge in [-0.05, 0) is 55.3 Å². The number of rotatable bonds is 6. The number of nitrogens with one attached hydrogen (secondary N) is 1. The van der Waals surface area contributed by atoms with E-state index >= 15 is 0 Å². The minimum atomic E-state index is -0.326. The van der Waals surface area contributed by atoms with E-state index in [0.29, 0.717) is 35.2 Å².